The predicted molar refractivity (Wildman–Crippen MR) is 32.0 cm³/mol. The maximum Gasteiger partial charge on any atom is 1.00 e. The molecular formula is C4H6BF3KNO2. The van der Waals surface area contributed by atoms with Crippen LogP contribution in [0.2, 0.25) is 0 Å². The predicted octanol–water partition coefficient (Wildman–Crippen LogP) is -2.17. The standard InChI is InChI=1S/C4H6BF3NO2.K/c6-5(7,8)3-9-1-2-11-4(9)10;/h1-3H2;/q-1;+1. The molecule has 0 aromatic rings. The number of hydrogen-bond donors (Lipinski definition) is 0. The summed E-state index contributed by atoms with van der Waals surface area (Å²) in [5, 5.41) is 0. The van der Waals surface area contributed by atoms with E-state index in [1.165, 1.54) is 0 Å². The van der Waals surface area contributed by atoms with E-state index in [2.05, 4.69) is 4.74 Å². The second-order valence-corrected chi connectivity index (χ2v) is 2.27. The van der Waals surface area contributed by atoms with Crippen molar-refractivity contribution in [2.75, 3.05) is 19.6 Å². The zero-order valence-corrected chi connectivity index (χ0v) is 9.72. The van der Waals surface area contributed by atoms with Crippen LogP contribution in [0.15, 0.2) is 0 Å². The molecule has 0 bridgehead atoms. The van der Waals surface area contributed by atoms with Crippen molar-refractivity contribution in [3.63, 3.8) is 0 Å². The topological polar surface area (TPSA) is 29.5 Å². The molecule has 1 fully saturated rings. The minimum atomic E-state index is -4.92. The normalized spacial score (nSPS) is 17.2. The fraction of sp³-hybridized carbons (Fsp3) is 0.750. The maximum atomic E-state index is 11.7. The van der Waals surface area contributed by atoms with Crippen molar-refractivity contribution in [1.82, 2.24) is 4.90 Å². The van der Waals surface area contributed by atoms with Crippen LogP contribution in [0.5, 0.6) is 0 Å². The van der Waals surface area contributed by atoms with E-state index in [9.17, 15) is 17.7 Å². The Kier molecular flexibility index (Phi) is 5.16. The van der Waals surface area contributed by atoms with Crippen LogP contribution in [0.1, 0.15) is 0 Å². The van der Waals surface area contributed by atoms with Gasteiger partial charge in [-0.05, 0) is 6.44 Å². The Morgan fingerprint density at radius 3 is 2.42 bits per heavy atom. The summed E-state index contributed by atoms with van der Waals surface area (Å²) in [6.45, 7) is -4.82. The molecule has 8 heteroatoms. The molecule has 64 valence electrons. The summed E-state index contributed by atoms with van der Waals surface area (Å²) in [6.07, 6.45) is -2.03. The van der Waals surface area contributed by atoms with Gasteiger partial charge in [-0.2, -0.15) is 0 Å². The average Bonchev–Trinajstić information content (AvgIpc) is 2.12. The average molecular weight is 207 g/mol. The first kappa shape index (κ1) is 12.8. The van der Waals surface area contributed by atoms with E-state index in [-0.39, 0.29) is 64.5 Å². The third-order valence-corrected chi connectivity index (χ3v) is 1.27. The Hall–Kier alpha value is 0.761. The summed E-state index contributed by atoms with van der Waals surface area (Å²) >= 11 is 0. The van der Waals surface area contributed by atoms with Gasteiger partial charge in [-0.1, -0.05) is 0 Å². The monoisotopic (exact) mass is 207 g/mol. The van der Waals surface area contributed by atoms with Crippen LogP contribution < -0.4 is 51.4 Å². The molecule has 0 spiro atoms. The third-order valence-electron chi connectivity index (χ3n) is 1.27. The van der Waals surface area contributed by atoms with Crippen molar-refractivity contribution >= 4 is 13.1 Å². The van der Waals surface area contributed by atoms with Crippen LogP contribution in [-0.2, 0) is 4.74 Å². The molecule has 12 heavy (non-hydrogen) atoms. The molecule has 1 rings (SSSR count). The van der Waals surface area contributed by atoms with E-state index in [0.29, 0.717) is 4.90 Å². The fourth-order valence-electron chi connectivity index (χ4n) is 0.841. The van der Waals surface area contributed by atoms with Gasteiger partial charge >= 0.3 is 64.5 Å². The van der Waals surface area contributed by atoms with E-state index in [1.54, 1.807) is 0 Å². The van der Waals surface area contributed by atoms with Gasteiger partial charge in [0.15, 0.2) is 0 Å². The van der Waals surface area contributed by atoms with Gasteiger partial charge in [0.25, 0.3) is 0 Å². The van der Waals surface area contributed by atoms with Crippen molar-refractivity contribution < 1.29 is 73.9 Å². The Morgan fingerprint density at radius 2 is 2.08 bits per heavy atom. The number of carbonyl (C=O) groups excluding carboxylic acids is 1. The number of ether oxygens (including phenoxy) is 1. The van der Waals surface area contributed by atoms with Crippen LogP contribution in [0.4, 0.5) is 17.7 Å². The zero-order valence-electron chi connectivity index (χ0n) is 6.60. The van der Waals surface area contributed by atoms with Crippen LogP contribution >= 0.6 is 0 Å². The van der Waals surface area contributed by atoms with Crippen LogP contribution in [-0.4, -0.2) is 37.6 Å². The third kappa shape index (κ3) is 4.13. The Balaban J connectivity index is 0.00000121. The first-order valence-corrected chi connectivity index (χ1v) is 3.12. The van der Waals surface area contributed by atoms with E-state index >= 15 is 0 Å². The molecule has 0 saturated carbocycles. The Labute approximate surface area is 110 Å². The summed E-state index contributed by atoms with van der Waals surface area (Å²) in [6, 6.07) is 0. The molecule has 0 aliphatic carbocycles. The molecule has 1 amide bonds. The summed E-state index contributed by atoms with van der Waals surface area (Å²) in [7, 11) is 0. The second kappa shape index (κ2) is 4.85. The largest absolute Gasteiger partial charge is 1.00 e. The molecule has 0 unspecified atom stereocenters. The summed E-state index contributed by atoms with van der Waals surface area (Å²) < 4.78 is 39.4. The molecule has 1 saturated heterocycles. The molecule has 1 heterocycles. The molecule has 0 atom stereocenters. The molecule has 0 aromatic heterocycles. The van der Waals surface area contributed by atoms with Gasteiger partial charge < -0.3 is 22.6 Å². The molecule has 1 aliphatic rings. The van der Waals surface area contributed by atoms with Gasteiger partial charge in [-0.25, -0.2) is 4.79 Å². The minimum absolute atomic E-state index is 0. The molecular weight excluding hydrogens is 201 g/mol. The molecule has 1 aliphatic heterocycles. The first-order valence-electron chi connectivity index (χ1n) is 3.12. The quantitative estimate of drug-likeness (QED) is 0.482. The summed E-state index contributed by atoms with van der Waals surface area (Å²) in [4.78, 5) is 11.1. The van der Waals surface area contributed by atoms with E-state index < -0.39 is 19.5 Å². The summed E-state index contributed by atoms with van der Waals surface area (Å²) in [5.41, 5.74) is 0. The van der Waals surface area contributed by atoms with Gasteiger partial charge in [0.1, 0.15) is 6.61 Å². The first-order chi connectivity index (χ1) is 4.99. The van der Waals surface area contributed by atoms with Crippen LogP contribution in [0.3, 0.4) is 0 Å². The van der Waals surface area contributed by atoms with Crippen molar-refractivity contribution in [3.05, 3.63) is 0 Å². The number of amides is 1. The smallest absolute Gasteiger partial charge is 0.448 e. The van der Waals surface area contributed by atoms with Crippen molar-refractivity contribution in [3.8, 4) is 0 Å². The van der Waals surface area contributed by atoms with Gasteiger partial charge in [0, 0.05) is 0 Å². The van der Waals surface area contributed by atoms with Crippen LogP contribution in [0.25, 0.3) is 0 Å². The molecule has 0 N–H and O–H groups in total. The zero-order chi connectivity index (χ0) is 8.48. The molecule has 3 nitrogen and oxygen atoms in total. The van der Waals surface area contributed by atoms with Crippen molar-refractivity contribution in [2.24, 2.45) is 0 Å². The fourth-order valence-corrected chi connectivity index (χ4v) is 0.841. The Morgan fingerprint density at radius 1 is 1.50 bits per heavy atom. The molecule has 0 radical (unpaired) electrons. The van der Waals surface area contributed by atoms with Crippen LogP contribution in [0, 0.1) is 0 Å². The number of carbonyl (C=O) groups is 1. The number of hydrogen-bond acceptors (Lipinski definition) is 2. The van der Waals surface area contributed by atoms with Gasteiger partial charge in [-0.15, -0.1) is 0 Å². The SMILES string of the molecule is O=C1OCCN1C[B-](F)(F)F.[K+]. The van der Waals surface area contributed by atoms with E-state index in [4.69, 9.17) is 0 Å². The number of cyclic esters (lactones) is 1. The van der Waals surface area contributed by atoms with Gasteiger partial charge in [0.2, 0.25) is 0 Å². The number of nitrogens with zero attached hydrogens (tertiary/aromatic N) is 1. The Bertz CT molecular complexity index is 176. The van der Waals surface area contributed by atoms with Gasteiger partial charge in [-0.3, -0.25) is 0 Å². The summed E-state index contributed by atoms with van der Waals surface area (Å²) in [5.74, 6) is 0. The van der Waals surface area contributed by atoms with Gasteiger partial charge in [0.05, 0.1) is 6.54 Å². The van der Waals surface area contributed by atoms with Crippen molar-refractivity contribution in [2.45, 2.75) is 0 Å². The maximum absolute atomic E-state index is 11.7. The number of halogens is 3. The second-order valence-electron chi connectivity index (χ2n) is 2.27. The van der Waals surface area contributed by atoms with E-state index in [1.807, 2.05) is 0 Å². The minimum Gasteiger partial charge on any atom is -0.448 e. The van der Waals surface area contributed by atoms with Crippen molar-refractivity contribution in [1.29, 1.82) is 0 Å². The molecule has 0 aromatic carbocycles. The van der Waals surface area contributed by atoms with E-state index in [0.717, 1.165) is 0 Å². The number of rotatable bonds is 2.